The third-order valence-corrected chi connectivity index (χ3v) is 4.37. The summed E-state index contributed by atoms with van der Waals surface area (Å²) in [5.41, 5.74) is 1.40. The summed E-state index contributed by atoms with van der Waals surface area (Å²) in [6.07, 6.45) is 1.97. The van der Waals surface area contributed by atoms with Gasteiger partial charge in [0.1, 0.15) is 5.82 Å². The fourth-order valence-electron chi connectivity index (χ4n) is 2.83. The number of nitrogens with one attached hydrogen (secondary N) is 2. The molecule has 1 saturated heterocycles. The number of hydrogen-bond donors (Lipinski definition) is 2. The molecule has 0 bridgehead atoms. The van der Waals surface area contributed by atoms with Crippen molar-refractivity contribution in [3.63, 3.8) is 0 Å². The van der Waals surface area contributed by atoms with Crippen molar-refractivity contribution in [2.75, 3.05) is 18.5 Å². The fourth-order valence-corrected chi connectivity index (χ4v) is 2.83. The number of anilines is 1. The smallest absolute Gasteiger partial charge is 0.255 e. The molecule has 2 aromatic carbocycles. The molecular formula is C20H21FN2O3. The van der Waals surface area contributed by atoms with Gasteiger partial charge in [-0.2, -0.15) is 0 Å². The van der Waals surface area contributed by atoms with E-state index in [1.165, 1.54) is 6.07 Å². The minimum Gasteiger partial charge on any atom is -0.376 e. The first-order valence-corrected chi connectivity index (χ1v) is 8.61. The molecule has 1 fully saturated rings. The van der Waals surface area contributed by atoms with Gasteiger partial charge in [-0.25, -0.2) is 4.39 Å². The largest absolute Gasteiger partial charge is 0.376 e. The van der Waals surface area contributed by atoms with Gasteiger partial charge in [0.15, 0.2) is 0 Å². The highest BCUT2D eigenvalue weighted by Gasteiger charge is 2.19. The monoisotopic (exact) mass is 356 g/mol. The Balaban J connectivity index is 1.70. The number of halogens is 1. The zero-order valence-corrected chi connectivity index (χ0v) is 14.5. The molecule has 1 heterocycles. The lowest BCUT2D eigenvalue weighted by molar-refractivity contribution is 0.0858. The molecule has 0 aromatic heterocycles. The molecule has 26 heavy (non-hydrogen) atoms. The molecule has 2 amide bonds. The lowest BCUT2D eigenvalue weighted by Crippen LogP contribution is -2.32. The first-order chi connectivity index (χ1) is 12.5. The first kappa shape index (κ1) is 18.1. The molecule has 0 saturated carbocycles. The molecular weight excluding hydrogens is 335 g/mol. The van der Waals surface area contributed by atoms with Crippen LogP contribution in [0.4, 0.5) is 10.1 Å². The Kier molecular flexibility index (Phi) is 5.63. The Morgan fingerprint density at radius 2 is 2.00 bits per heavy atom. The predicted molar refractivity (Wildman–Crippen MR) is 96.8 cm³/mol. The van der Waals surface area contributed by atoms with Crippen molar-refractivity contribution in [3.05, 3.63) is 65.0 Å². The number of hydrogen-bond acceptors (Lipinski definition) is 3. The predicted octanol–water partition coefficient (Wildman–Crippen LogP) is 3.30. The van der Waals surface area contributed by atoms with E-state index in [2.05, 4.69) is 10.6 Å². The highest BCUT2D eigenvalue weighted by molar-refractivity contribution is 6.09. The summed E-state index contributed by atoms with van der Waals surface area (Å²) in [6, 6.07) is 11.0. The van der Waals surface area contributed by atoms with Gasteiger partial charge in [-0.05, 0) is 49.6 Å². The summed E-state index contributed by atoms with van der Waals surface area (Å²) in [7, 11) is 0. The van der Waals surface area contributed by atoms with E-state index in [4.69, 9.17) is 4.74 Å². The van der Waals surface area contributed by atoms with Gasteiger partial charge in [0, 0.05) is 18.7 Å². The van der Waals surface area contributed by atoms with Crippen LogP contribution < -0.4 is 10.6 Å². The number of ether oxygens (including phenoxy) is 1. The maximum absolute atomic E-state index is 13.7. The van der Waals surface area contributed by atoms with Gasteiger partial charge in [0.25, 0.3) is 11.8 Å². The molecule has 2 N–H and O–H groups in total. The average molecular weight is 356 g/mol. The van der Waals surface area contributed by atoms with E-state index in [0.29, 0.717) is 23.4 Å². The summed E-state index contributed by atoms with van der Waals surface area (Å²) in [5.74, 6) is -1.20. The normalized spacial score (nSPS) is 16.3. The van der Waals surface area contributed by atoms with Crippen LogP contribution in [0.1, 0.15) is 39.1 Å². The average Bonchev–Trinajstić information content (AvgIpc) is 3.16. The number of carbonyl (C=O) groups is 2. The Morgan fingerprint density at radius 1 is 1.19 bits per heavy atom. The van der Waals surface area contributed by atoms with Crippen LogP contribution in [-0.2, 0) is 4.74 Å². The second kappa shape index (κ2) is 8.10. The molecule has 5 nitrogen and oxygen atoms in total. The van der Waals surface area contributed by atoms with E-state index in [0.717, 1.165) is 19.4 Å². The van der Waals surface area contributed by atoms with E-state index < -0.39 is 11.7 Å². The summed E-state index contributed by atoms with van der Waals surface area (Å²) in [5, 5.41) is 5.52. The molecule has 1 atom stereocenters. The van der Waals surface area contributed by atoms with Crippen molar-refractivity contribution in [3.8, 4) is 0 Å². The van der Waals surface area contributed by atoms with Crippen molar-refractivity contribution in [2.24, 2.45) is 0 Å². The van der Waals surface area contributed by atoms with Crippen molar-refractivity contribution in [1.29, 1.82) is 0 Å². The van der Waals surface area contributed by atoms with Crippen molar-refractivity contribution in [1.82, 2.24) is 5.32 Å². The second-order valence-corrected chi connectivity index (χ2v) is 6.31. The zero-order valence-electron chi connectivity index (χ0n) is 14.5. The highest BCUT2D eigenvalue weighted by atomic mass is 19.1. The fraction of sp³-hybridized carbons (Fsp3) is 0.300. The Morgan fingerprint density at radius 3 is 2.73 bits per heavy atom. The van der Waals surface area contributed by atoms with Gasteiger partial charge >= 0.3 is 0 Å². The SMILES string of the molecule is Cc1ccc(C(=O)Nc2ccccc2C(=O)NCC2CCCO2)cc1F. The Bertz CT molecular complexity index is 816. The van der Waals surface area contributed by atoms with Crippen LogP contribution in [0, 0.1) is 12.7 Å². The summed E-state index contributed by atoms with van der Waals surface area (Å²) < 4.78 is 19.2. The lowest BCUT2D eigenvalue weighted by Gasteiger charge is -2.14. The molecule has 3 rings (SSSR count). The van der Waals surface area contributed by atoms with Gasteiger partial charge in [-0.3, -0.25) is 9.59 Å². The second-order valence-electron chi connectivity index (χ2n) is 6.31. The van der Waals surface area contributed by atoms with E-state index in [9.17, 15) is 14.0 Å². The van der Waals surface area contributed by atoms with Gasteiger partial charge in [0.05, 0.1) is 17.4 Å². The maximum Gasteiger partial charge on any atom is 0.255 e. The first-order valence-electron chi connectivity index (χ1n) is 8.61. The maximum atomic E-state index is 13.7. The van der Waals surface area contributed by atoms with Crippen LogP contribution >= 0.6 is 0 Å². The Labute approximate surface area is 151 Å². The van der Waals surface area contributed by atoms with Gasteiger partial charge in [0.2, 0.25) is 0 Å². The minimum atomic E-state index is -0.469. The van der Waals surface area contributed by atoms with E-state index in [1.807, 2.05) is 0 Å². The number of amides is 2. The molecule has 1 unspecified atom stereocenters. The lowest BCUT2D eigenvalue weighted by atomic mass is 10.1. The highest BCUT2D eigenvalue weighted by Crippen LogP contribution is 2.18. The van der Waals surface area contributed by atoms with Crippen LogP contribution in [0.15, 0.2) is 42.5 Å². The molecule has 0 aliphatic carbocycles. The van der Waals surface area contributed by atoms with Crippen LogP contribution in [0.25, 0.3) is 0 Å². The van der Waals surface area contributed by atoms with Gasteiger partial charge < -0.3 is 15.4 Å². The number of carbonyl (C=O) groups excluding carboxylic acids is 2. The number of para-hydroxylation sites is 1. The van der Waals surface area contributed by atoms with Crippen LogP contribution in [0.2, 0.25) is 0 Å². The molecule has 0 radical (unpaired) electrons. The molecule has 136 valence electrons. The third-order valence-electron chi connectivity index (χ3n) is 4.37. The third kappa shape index (κ3) is 4.26. The summed E-state index contributed by atoms with van der Waals surface area (Å²) in [4.78, 5) is 24.9. The summed E-state index contributed by atoms with van der Waals surface area (Å²) >= 11 is 0. The molecule has 1 aliphatic rings. The summed E-state index contributed by atoms with van der Waals surface area (Å²) in [6.45, 7) is 2.79. The quantitative estimate of drug-likeness (QED) is 0.864. The van der Waals surface area contributed by atoms with Crippen molar-refractivity contribution >= 4 is 17.5 Å². The zero-order chi connectivity index (χ0) is 18.5. The van der Waals surface area contributed by atoms with Crippen LogP contribution in [-0.4, -0.2) is 31.1 Å². The van der Waals surface area contributed by atoms with Crippen LogP contribution in [0.5, 0.6) is 0 Å². The van der Waals surface area contributed by atoms with Crippen molar-refractivity contribution in [2.45, 2.75) is 25.9 Å². The molecule has 1 aliphatic heterocycles. The minimum absolute atomic E-state index is 0.0382. The molecule has 0 spiro atoms. The van der Waals surface area contributed by atoms with Crippen molar-refractivity contribution < 1.29 is 18.7 Å². The molecule has 2 aromatic rings. The number of benzene rings is 2. The Hall–Kier alpha value is -2.73. The topological polar surface area (TPSA) is 67.4 Å². The molecule has 6 heteroatoms. The number of rotatable bonds is 5. The standard InChI is InChI=1S/C20H21FN2O3/c1-13-8-9-14(11-17(13)21)19(24)23-18-7-3-2-6-16(18)20(25)22-12-15-5-4-10-26-15/h2-3,6-9,11,15H,4-5,10,12H2,1H3,(H,22,25)(H,23,24). The number of aryl methyl sites for hydroxylation is 1. The van der Waals surface area contributed by atoms with E-state index >= 15 is 0 Å². The van der Waals surface area contributed by atoms with Gasteiger partial charge in [-0.15, -0.1) is 0 Å². The van der Waals surface area contributed by atoms with Crippen LogP contribution in [0.3, 0.4) is 0 Å². The van der Waals surface area contributed by atoms with E-state index in [-0.39, 0.29) is 17.6 Å². The van der Waals surface area contributed by atoms with E-state index in [1.54, 1.807) is 43.3 Å². The van der Waals surface area contributed by atoms with Gasteiger partial charge in [-0.1, -0.05) is 18.2 Å².